The van der Waals surface area contributed by atoms with Crippen molar-refractivity contribution in [1.29, 1.82) is 0 Å². The second-order valence-corrected chi connectivity index (χ2v) is 10.2. The highest BCUT2D eigenvalue weighted by atomic mass is 16.5. The molecule has 1 saturated heterocycles. The van der Waals surface area contributed by atoms with Gasteiger partial charge in [-0.05, 0) is 36.3 Å². The van der Waals surface area contributed by atoms with Crippen LogP contribution < -0.4 is 5.32 Å². The zero-order valence-electron chi connectivity index (χ0n) is 21.9. The summed E-state index contributed by atoms with van der Waals surface area (Å²) < 4.78 is 7.20. The van der Waals surface area contributed by atoms with E-state index in [2.05, 4.69) is 61.3 Å². The minimum absolute atomic E-state index is 0.0371. The first-order chi connectivity index (χ1) is 17.4. The van der Waals surface area contributed by atoms with Crippen LogP contribution >= 0.6 is 0 Å². The van der Waals surface area contributed by atoms with E-state index in [-0.39, 0.29) is 23.3 Å². The summed E-state index contributed by atoms with van der Waals surface area (Å²) in [5, 5.41) is 8.18. The fraction of sp³-hybridized carbons (Fsp3) is 0.400. The minimum atomic E-state index is -0.0911. The second kappa shape index (κ2) is 11.7. The molecule has 6 heteroatoms. The fourth-order valence-electron chi connectivity index (χ4n) is 4.67. The van der Waals surface area contributed by atoms with Gasteiger partial charge in [-0.15, -0.1) is 0 Å². The Kier molecular flexibility index (Phi) is 8.39. The van der Waals surface area contributed by atoms with Gasteiger partial charge in [0, 0.05) is 50.2 Å². The molecule has 1 amide bonds. The monoisotopic (exact) mass is 486 g/mol. The lowest BCUT2D eigenvalue weighted by molar-refractivity contribution is -0.117. The number of para-hydroxylation sites is 1. The maximum Gasteiger partial charge on any atom is 0.244 e. The molecule has 190 valence electrons. The molecule has 36 heavy (non-hydrogen) atoms. The lowest BCUT2D eigenvalue weighted by Crippen LogP contribution is -2.39. The standard InChI is InChI=1S/C30H38N4O2/c1-5-30(2,3)28-20-25(34(32-28)24-14-10-7-11-15-24)16-17-29(35)31-27-22-33(18-19-36-4)21-26(27)23-12-8-6-9-13-23/h6-17,20,26-27H,5,18-19,21-22H2,1-4H3,(H,31,35)/b17-16-/t26-,27+/m0/s1. The number of aromatic nitrogens is 2. The van der Waals surface area contributed by atoms with Gasteiger partial charge >= 0.3 is 0 Å². The van der Waals surface area contributed by atoms with Gasteiger partial charge in [-0.3, -0.25) is 9.69 Å². The van der Waals surface area contributed by atoms with Crippen LogP contribution in [0.5, 0.6) is 0 Å². The number of amides is 1. The van der Waals surface area contributed by atoms with Gasteiger partial charge in [0.05, 0.1) is 23.7 Å². The maximum atomic E-state index is 13.1. The topological polar surface area (TPSA) is 59.4 Å². The van der Waals surface area contributed by atoms with Crippen molar-refractivity contribution in [2.24, 2.45) is 0 Å². The maximum absolute atomic E-state index is 13.1. The van der Waals surface area contributed by atoms with Crippen LogP contribution in [0.2, 0.25) is 0 Å². The zero-order valence-corrected chi connectivity index (χ0v) is 21.9. The molecule has 0 bridgehead atoms. The molecule has 1 aliphatic rings. The van der Waals surface area contributed by atoms with Gasteiger partial charge in [-0.25, -0.2) is 4.68 Å². The van der Waals surface area contributed by atoms with Crippen LogP contribution in [-0.2, 0) is 14.9 Å². The summed E-state index contributed by atoms with van der Waals surface area (Å²) in [5.41, 5.74) is 4.08. The van der Waals surface area contributed by atoms with E-state index in [1.165, 1.54) is 5.56 Å². The molecule has 0 aliphatic carbocycles. The molecule has 3 aromatic rings. The van der Waals surface area contributed by atoms with Crippen molar-refractivity contribution in [3.05, 3.63) is 89.8 Å². The molecule has 1 aliphatic heterocycles. The Bertz CT molecular complexity index is 1150. The van der Waals surface area contributed by atoms with E-state index in [4.69, 9.17) is 9.84 Å². The number of methoxy groups -OCH3 is 1. The van der Waals surface area contributed by atoms with Gasteiger partial charge in [-0.2, -0.15) is 5.10 Å². The lowest BCUT2D eigenvalue weighted by atomic mass is 9.86. The highest BCUT2D eigenvalue weighted by molar-refractivity contribution is 5.92. The Labute approximate surface area is 215 Å². The van der Waals surface area contributed by atoms with Gasteiger partial charge in [0.1, 0.15) is 0 Å². The summed E-state index contributed by atoms with van der Waals surface area (Å²) in [5.74, 6) is 0.152. The van der Waals surface area contributed by atoms with Gasteiger partial charge in [-0.1, -0.05) is 69.3 Å². The third-order valence-electron chi connectivity index (χ3n) is 7.28. The number of likely N-dealkylation sites (tertiary alicyclic amines) is 1. The first-order valence-corrected chi connectivity index (χ1v) is 12.8. The number of carbonyl (C=O) groups is 1. The third-order valence-corrected chi connectivity index (χ3v) is 7.28. The highest BCUT2D eigenvalue weighted by Crippen LogP contribution is 2.29. The Balaban J connectivity index is 1.54. The minimum Gasteiger partial charge on any atom is -0.383 e. The van der Waals surface area contributed by atoms with Crippen molar-refractivity contribution in [1.82, 2.24) is 20.0 Å². The average Bonchev–Trinajstić information content (AvgIpc) is 3.52. The Morgan fingerprint density at radius 3 is 2.47 bits per heavy atom. The van der Waals surface area contributed by atoms with E-state index in [0.29, 0.717) is 6.61 Å². The van der Waals surface area contributed by atoms with Gasteiger partial charge in [0.25, 0.3) is 0 Å². The first kappa shape index (κ1) is 25.9. The molecule has 6 nitrogen and oxygen atoms in total. The average molecular weight is 487 g/mol. The summed E-state index contributed by atoms with van der Waals surface area (Å²) in [4.78, 5) is 15.5. The molecule has 1 aromatic heterocycles. The normalized spacial score (nSPS) is 18.7. The first-order valence-electron chi connectivity index (χ1n) is 12.8. The molecule has 0 saturated carbocycles. The summed E-state index contributed by atoms with van der Waals surface area (Å²) in [6.07, 6.45) is 4.49. The molecule has 2 heterocycles. The molecule has 4 rings (SSSR count). The molecular formula is C30H38N4O2. The Hall–Kier alpha value is -3.22. The number of hydrogen-bond donors (Lipinski definition) is 1. The zero-order chi connectivity index (χ0) is 25.5. The lowest BCUT2D eigenvalue weighted by Gasteiger charge is -2.19. The Morgan fingerprint density at radius 1 is 1.11 bits per heavy atom. The smallest absolute Gasteiger partial charge is 0.244 e. The van der Waals surface area contributed by atoms with Gasteiger partial charge in [0.15, 0.2) is 0 Å². The molecule has 2 atom stereocenters. The predicted molar refractivity (Wildman–Crippen MR) is 145 cm³/mol. The molecular weight excluding hydrogens is 448 g/mol. The van der Waals surface area contributed by atoms with Crippen LogP contribution in [-0.4, -0.2) is 60.0 Å². The molecule has 0 radical (unpaired) electrons. The third kappa shape index (κ3) is 6.12. The second-order valence-electron chi connectivity index (χ2n) is 10.2. The SMILES string of the molecule is CCC(C)(C)c1cc(/C=C\C(=O)N[C@@H]2CN(CCOC)C[C@H]2c2ccccc2)n(-c2ccccc2)n1. The molecule has 0 spiro atoms. The van der Waals surface area contributed by atoms with E-state index in [9.17, 15) is 4.79 Å². The molecule has 1 N–H and O–H groups in total. The van der Waals surface area contributed by atoms with Crippen molar-refractivity contribution >= 4 is 12.0 Å². The van der Waals surface area contributed by atoms with Crippen LogP contribution in [0.4, 0.5) is 0 Å². The highest BCUT2D eigenvalue weighted by Gasteiger charge is 2.34. The summed E-state index contributed by atoms with van der Waals surface area (Å²) in [7, 11) is 1.72. The van der Waals surface area contributed by atoms with Crippen molar-refractivity contribution in [3.8, 4) is 5.69 Å². The number of rotatable bonds is 10. The van der Waals surface area contributed by atoms with Crippen LogP contribution in [0.3, 0.4) is 0 Å². The van der Waals surface area contributed by atoms with E-state index in [1.54, 1.807) is 13.2 Å². The molecule has 0 unspecified atom stereocenters. The van der Waals surface area contributed by atoms with E-state index in [0.717, 1.165) is 43.1 Å². The van der Waals surface area contributed by atoms with Crippen LogP contribution in [0.15, 0.2) is 72.8 Å². The van der Waals surface area contributed by atoms with Crippen molar-refractivity contribution < 1.29 is 9.53 Å². The van der Waals surface area contributed by atoms with Crippen molar-refractivity contribution in [2.45, 2.75) is 44.6 Å². The van der Waals surface area contributed by atoms with Gasteiger partial charge in [0.2, 0.25) is 5.91 Å². The summed E-state index contributed by atoms with van der Waals surface area (Å²) in [6.45, 7) is 9.81. The molecule has 1 fully saturated rings. The number of nitrogens with zero attached hydrogens (tertiary/aromatic N) is 3. The summed E-state index contributed by atoms with van der Waals surface area (Å²) >= 11 is 0. The van der Waals surface area contributed by atoms with E-state index >= 15 is 0 Å². The van der Waals surface area contributed by atoms with Crippen molar-refractivity contribution in [3.63, 3.8) is 0 Å². The van der Waals surface area contributed by atoms with Gasteiger partial charge < -0.3 is 10.1 Å². The van der Waals surface area contributed by atoms with Crippen LogP contribution in [0.1, 0.15) is 50.1 Å². The van der Waals surface area contributed by atoms with Crippen LogP contribution in [0, 0.1) is 0 Å². The number of nitrogens with one attached hydrogen (secondary N) is 1. The quantitative estimate of drug-likeness (QED) is 0.418. The number of carbonyl (C=O) groups excluding carboxylic acids is 1. The summed E-state index contributed by atoms with van der Waals surface area (Å²) in [6, 6.07) is 22.6. The molecule has 2 aromatic carbocycles. The van der Waals surface area contributed by atoms with E-state index in [1.807, 2.05) is 47.2 Å². The van der Waals surface area contributed by atoms with Crippen molar-refractivity contribution in [2.75, 3.05) is 33.4 Å². The number of benzene rings is 2. The fourth-order valence-corrected chi connectivity index (χ4v) is 4.67. The van der Waals surface area contributed by atoms with Crippen LogP contribution in [0.25, 0.3) is 11.8 Å². The number of ether oxygens (including phenoxy) is 1. The number of hydrogen-bond acceptors (Lipinski definition) is 4. The Morgan fingerprint density at radius 2 is 1.81 bits per heavy atom. The van der Waals surface area contributed by atoms with E-state index < -0.39 is 0 Å². The predicted octanol–water partition coefficient (Wildman–Crippen LogP) is 4.80. The largest absolute Gasteiger partial charge is 0.383 e.